The molecule has 1 atom stereocenters. The first-order valence-corrected chi connectivity index (χ1v) is 10.5. The summed E-state index contributed by atoms with van der Waals surface area (Å²) < 4.78 is 13.6. The number of ketones is 1. The van der Waals surface area contributed by atoms with Gasteiger partial charge in [0, 0.05) is 17.7 Å². The molecule has 1 fully saturated rings. The first-order valence-electron chi connectivity index (χ1n) is 9.53. The van der Waals surface area contributed by atoms with Crippen molar-refractivity contribution in [3.05, 3.63) is 35.6 Å². The number of likely N-dealkylation sites (tertiary alicyclic amines) is 1. The Kier molecular flexibility index (Phi) is 7.59. The Balaban J connectivity index is 1.87. The van der Waals surface area contributed by atoms with Crippen LogP contribution in [-0.4, -0.2) is 40.0 Å². The molecule has 1 amide bonds. The van der Waals surface area contributed by atoms with Crippen molar-refractivity contribution in [1.82, 2.24) is 4.90 Å². The van der Waals surface area contributed by atoms with Crippen molar-refractivity contribution in [3.63, 3.8) is 0 Å². The van der Waals surface area contributed by atoms with E-state index in [2.05, 4.69) is 0 Å². The Morgan fingerprint density at radius 3 is 2.63 bits per heavy atom. The standard InChI is InChI=1S/C21H28FNO3S/c1-4-21(2,3)18(24)19(25)23-13-7-12-17(23)20(26)27-14-8-10-15-9-5-6-11-16(15)22/h5-6,9,11,17H,4,7-8,10,12-14H2,1-3H3/t17-/m0/s1. The van der Waals surface area contributed by atoms with Crippen molar-refractivity contribution < 1.29 is 18.8 Å². The molecule has 1 saturated heterocycles. The quantitative estimate of drug-likeness (QED) is 0.495. The summed E-state index contributed by atoms with van der Waals surface area (Å²) in [6.07, 6.45) is 3.17. The van der Waals surface area contributed by atoms with E-state index in [9.17, 15) is 18.8 Å². The van der Waals surface area contributed by atoms with Crippen molar-refractivity contribution in [2.45, 2.75) is 58.9 Å². The molecule has 0 N–H and O–H groups in total. The topological polar surface area (TPSA) is 54.5 Å². The van der Waals surface area contributed by atoms with Crippen LogP contribution in [0.4, 0.5) is 4.39 Å². The van der Waals surface area contributed by atoms with Gasteiger partial charge in [-0.2, -0.15) is 0 Å². The zero-order valence-corrected chi connectivity index (χ0v) is 17.1. The third-order valence-electron chi connectivity index (χ3n) is 5.27. The minimum absolute atomic E-state index is 0.0727. The SMILES string of the molecule is CCC(C)(C)C(=O)C(=O)N1CCC[C@H]1C(=O)SCCCc1ccccc1F. The van der Waals surface area contributed by atoms with E-state index < -0.39 is 23.1 Å². The van der Waals surface area contributed by atoms with Crippen LogP contribution in [0, 0.1) is 11.2 Å². The summed E-state index contributed by atoms with van der Waals surface area (Å²) in [4.78, 5) is 39.1. The summed E-state index contributed by atoms with van der Waals surface area (Å²) in [7, 11) is 0. The molecule has 27 heavy (non-hydrogen) atoms. The lowest BCUT2D eigenvalue weighted by molar-refractivity contribution is -0.150. The number of carbonyl (C=O) groups is 3. The van der Waals surface area contributed by atoms with E-state index in [1.165, 1.54) is 22.7 Å². The molecular weight excluding hydrogens is 365 g/mol. The van der Waals surface area contributed by atoms with Gasteiger partial charge in [-0.1, -0.05) is 50.7 Å². The van der Waals surface area contributed by atoms with Crippen LogP contribution in [-0.2, 0) is 20.8 Å². The number of rotatable bonds is 8. The number of hydrogen-bond acceptors (Lipinski definition) is 4. The van der Waals surface area contributed by atoms with E-state index in [-0.39, 0.29) is 10.9 Å². The van der Waals surface area contributed by atoms with Gasteiger partial charge in [0.25, 0.3) is 5.91 Å². The molecule has 0 aliphatic carbocycles. The molecule has 4 nitrogen and oxygen atoms in total. The molecule has 0 radical (unpaired) electrons. The van der Waals surface area contributed by atoms with Crippen LogP contribution in [0.25, 0.3) is 0 Å². The number of benzene rings is 1. The maximum atomic E-state index is 13.6. The van der Waals surface area contributed by atoms with Crippen LogP contribution < -0.4 is 0 Å². The van der Waals surface area contributed by atoms with Gasteiger partial charge in [0.2, 0.25) is 10.9 Å². The zero-order valence-electron chi connectivity index (χ0n) is 16.3. The van der Waals surface area contributed by atoms with Gasteiger partial charge in [0.05, 0.1) is 0 Å². The van der Waals surface area contributed by atoms with Gasteiger partial charge < -0.3 is 4.90 Å². The Bertz CT molecular complexity index is 704. The van der Waals surface area contributed by atoms with Gasteiger partial charge in [-0.05, 0) is 43.7 Å². The first-order chi connectivity index (χ1) is 12.8. The van der Waals surface area contributed by atoms with E-state index in [4.69, 9.17) is 0 Å². The third-order valence-corrected chi connectivity index (χ3v) is 6.32. The molecule has 0 aromatic heterocycles. The van der Waals surface area contributed by atoms with E-state index >= 15 is 0 Å². The molecule has 0 unspecified atom stereocenters. The summed E-state index contributed by atoms with van der Waals surface area (Å²) in [6, 6.07) is 6.12. The number of aryl methyl sites for hydroxylation is 1. The number of hydrogen-bond donors (Lipinski definition) is 0. The fourth-order valence-corrected chi connectivity index (χ4v) is 4.00. The van der Waals surface area contributed by atoms with E-state index in [1.807, 2.05) is 6.92 Å². The second kappa shape index (κ2) is 9.49. The lowest BCUT2D eigenvalue weighted by Crippen LogP contribution is -2.47. The fourth-order valence-electron chi connectivity index (χ4n) is 3.07. The largest absolute Gasteiger partial charge is 0.325 e. The predicted octanol–water partition coefficient (Wildman–Crippen LogP) is 4.01. The zero-order chi connectivity index (χ0) is 20.0. The average Bonchev–Trinajstić information content (AvgIpc) is 3.15. The summed E-state index contributed by atoms with van der Waals surface area (Å²) >= 11 is 1.18. The molecule has 0 bridgehead atoms. The summed E-state index contributed by atoms with van der Waals surface area (Å²) in [6.45, 7) is 5.86. The van der Waals surface area contributed by atoms with Gasteiger partial charge >= 0.3 is 0 Å². The Hall–Kier alpha value is -1.69. The second-order valence-corrected chi connectivity index (χ2v) is 8.68. The number of Topliss-reactive ketones (excluding diaryl/α,β-unsaturated/α-hetero) is 1. The number of amides is 1. The van der Waals surface area contributed by atoms with E-state index in [0.717, 1.165) is 6.42 Å². The van der Waals surface area contributed by atoms with Gasteiger partial charge in [0.15, 0.2) is 0 Å². The van der Waals surface area contributed by atoms with E-state index in [1.54, 1.807) is 32.0 Å². The number of carbonyl (C=O) groups excluding carboxylic acids is 3. The van der Waals surface area contributed by atoms with Crippen LogP contribution in [0.5, 0.6) is 0 Å². The molecule has 148 valence electrons. The summed E-state index contributed by atoms with van der Waals surface area (Å²) in [5, 5.41) is -0.0727. The normalized spacial score (nSPS) is 17.2. The molecule has 1 aliphatic heterocycles. The van der Waals surface area contributed by atoms with Crippen LogP contribution in [0.3, 0.4) is 0 Å². The molecule has 1 aliphatic rings. The maximum Gasteiger partial charge on any atom is 0.291 e. The molecule has 0 spiro atoms. The predicted molar refractivity (Wildman–Crippen MR) is 106 cm³/mol. The fraction of sp³-hybridized carbons (Fsp3) is 0.571. The smallest absolute Gasteiger partial charge is 0.291 e. The van der Waals surface area contributed by atoms with Crippen molar-refractivity contribution in [2.75, 3.05) is 12.3 Å². The summed E-state index contributed by atoms with van der Waals surface area (Å²) in [5.41, 5.74) is -0.0594. The lowest BCUT2D eigenvalue weighted by Gasteiger charge is -2.27. The molecule has 6 heteroatoms. The highest BCUT2D eigenvalue weighted by atomic mass is 32.2. The van der Waals surface area contributed by atoms with Crippen LogP contribution in [0.1, 0.15) is 52.0 Å². The van der Waals surface area contributed by atoms with Crippen LogP contribution >= 0.6 is 11.8 Å². The van der Waals surface area contributed by atoms with Gasteiger partial charge in [-0.3, -0.25) is 14.4 Å². The summed E-state index contributed by atoms with van der Waals surface area (Å²) in [5.74, 6) is -0.613. The monoisotopic (exact) mass is 393 g/mol. The molecule has 0 saturated carbocycles. The van der Waals surface area contributed by atoms with Crippen molar-refractivity contribution in [3.8, 4) is 0 Å². The third kappa shape index (κ3) is 5.41. The highest BCUT2D eigenvalue weighted by Crippen LogP contribution is 2.27. The molecular formula is C21H28FNO3S. The minimum atomic E-state index is -0.708. The molecule has 1 aromatic rings. The van der Waals surface area contributed by atoms with Crippen molar-refractivity contribution >= 4 is 28.6 Å². The molecule has 1 aromatic carbocycles. The lowest BCUT2D eigenvalue weighted by atomic mass is 9.84. The van der Waals surface area contributed by atoms with Gasteiger partial charge in [-0.25, -0.2) is 4.39 Å². The Morgan fingerprint density at radius 2 is 1.96 bits per heavy atom. The molecule has 1 heterocycles. The highest BCUT2D eigenvalue weighted by molar-refractivity contribution is 8.13. The highest BCUT2D eigenvalue weighted by Gasteiger charge is 2.40. The first kappa shape index (κ1) is 21.6. The number of halogens is 1. The van der Waals surface area contributed by atoms with Crippen molar-refractivity contribution in [2.24, 2.45) is 5.41 Å². The number of nitrogens with zero attached hydrogens (tertiary/aromatic N) is 1. The minimum Gasteiger partial charge on any atom is -0.325 e. The second-order valence-electron chi connectivity index (χ2n) is 7.59. The Morgan fingerprint density at radius 1 is 1.26 bits per heavy atom. The van der Waals surface area contributed by atoms with Gasteiger partial charge in [0.1, 0.15) is 11.9 Å². The van der Waals surface area contributed by atoms with E-state index in [0.29, 0.717) is 43.5 Å². The van der Waals surface area contributed by atoms with Crippen LogP contribution in [0.15, 0.2) is 24.3 Å². The average molecular weight is 394 g/mol. The van der Waals surface area contributed by atoms with Gasteiger partial charge in [-0.15, -0.1) is 0 Å². The molecule has 2 rings (SSSR count). The maximum absolute atomic E-state index is 13.6. The Labute approximate surface area is 164 Å². The number of thioether (sulfide) groups is 1. The van der Waals surface area contributed by atoms with Crippen LogP contribution in [0.2, 0.25) is 0 Å². The van der Waals surface area contributed by atoms with Crippen molar-refractivity contribution in [1.29, 1.82) is 0 Å².